The fraction of sp³-hybridized carbons (Fsp3) is 0.667. The molecule has 3 heterocycles. The first kappa shape index (κ1) is 13.6. The summed E-state index contributed by atoms with van der Waals surface area (Å²) in [6.45, 7) is 9.36. The number of carbonyl (C=O) groups excluding carboxylic acids is 1. The molecule has 1 aromatic rings. The molecule has 0 N–H and O–H groups in total. The molecule has 2 aliphatic heterocycles. The number of hydrogen-bond donors (Lipinski definition) is 0. The van der Waals surface area contributed by atoms with E-state index in [9.17, 15) is 4.79 Å². The van der Waals surface area contributed by atoms with Crippen LogP contribution in [0.15, 0.2) is 16.7 Å². The van der Waals surface area contributed by atoms with Gasteiger partial charge in [-0.2, -0.15) is 0 Å². The zero-order chi connectivity index (χ0) is 14.3. The summed E-state index contributed by atoms with van der Waals surface area (Å²) < 4.78 is 11.1. The molecule has 2 aliphatic rings. The Morgan fingerprint density at radius 3 is 2.85 bits per heavy atom. The van der Waals surface area contributed by atoms with Crippen LogP contribution in [0.1, 0.15) is 30.0 Å². The number of aryl methyl sites for hydroxylation is 1. The van der Waals surface area contributed by atoms with Gasteiger partial charge in [0.1, 0.15) is 5.76 Å². The van der Waals surface area contributed by atoms with Crippen molar-refractivity contribution < 1.29 is 13.9 Å². The molecule has 0 radical (unpaired) electrons. The normalized spacial score (nSPS) is 27.1. The highest BCUT2D eigenvalue weighted by atomic mass is 16.5. The lowest BCUT2D eigenvalue weighted by Crippen LogP contribution is -2.53. The maximum atomic E-state index is 12.5. The molecule has 2 saturated heterocycles. The third-order valence-electron chi connectivity index (χ3n) is 4.38. The van der Waals surface area contributed by atoms with Gasteiger partial charge >= 0.3 is 0 Å². The third-order valence-corrected chi connectivity index (χ3v) is 4.38. The molecule has 0 unspecified atom stereocenters. The maximum Gasteiger partial charge on any atom is 0.257 e. The number of nitrogens with zero attached hydrogens (tertiary/aromatic N) is 2. The zero-order valence-corrected chi connectivity index (χ0v) is 12.3. The lowest BCUT2D eigenvalue weighted by molar-refractivity contribution is -0.0582. The minimum atomic E-state index is 0.0537. The van der Waals surface area contributed by atoms with Crippen LogP contribution in [0.2, 0.25) is 0 Å². The molecule has 2 fully saturated rings. The summed E-state index contributed by atoms with van der Waals surface area (Å²) in [5.41, 5.74) is 0.666. The van der Waals surface area contributed by atoms with Crippen molar-refractivity contribution in [2.45, 2.75) is 39.0 Å². The van der Waals surface area contributed by atoms with Gasteiger partial charge < -0.3 is 14.1 Å². The van der Waals surface area contributed by atoms with Gasteiger partial charge in [0.25, 0.3) is 5.91 Å². The van der Waals surface area contributed by atoms with Crippen molar-refractivity contribution in [2.24, 2.45) is 0 Å². The van der Waals surface area contributed by atoms with Crippen molar-refractivity contribution in [3.05, 3.63) is 23.7 Å². The largest absolute Gasteiger partial charge is 0.469 e. The second-order valence-corrected chi connectivity index (χ2v) is 5.91. The number of rotatable bonds is 2. The highest BCUT2D eigenvalue weighted by Gasteiger charge is 2.42. The Morgan fingerprint density at radius 1 is 1.40 bits per heavy atom. The van der Waals surface area contributed by atoms with Crippen molar-refractivity contribution in [1.82, 2.24) is 9.80 Å². The molecule has 3 rings (SSSR count). The number of furan rings is 1. The van der Waals surface area contributed by atoms with E-state index < -0.39 is 0 Å². The van der Waals surface area contributed by atoms with Gasteiger partial charge in [0.05, 0.1) is 30.6 Å². The highest BCUT2D eigenvalue weighted by Crippen LogP contribution is 2.26. The summed E-state index contributed by atoms with van der Waals surface area (Å²) in [6.07, 6.45) is 1.71. The number of hydrogen-bond acceptors (Lipinski definition) is 4. The van der Waals surface area contributed by atoms with Crippen LogP contribution >= 0.6 is 0 Å². The Kier molecular flexibility index (Phi) is 3.56. The molecule has 1 aromatic heterocycles. The van der Waals surface area contributed by atoms with Crippen molar-refractivity contribution in [3.63, 3.8) is 0 Å². The van der Waals surface area contributed by atoms with Crippen molar-refractivity contribution >= 4 is 5.91 Å². The smallest absolute Gasteiger partial charge is 0.257 e. The van der Waals surface area contributed by atoms with Gasteiger partial charge in [-0.25, -0.2) is 0 Å². The summed E-state index contributed by atoms with van der Waals surface area (Å²) in [6, 6.07) is 2.55. The number of amides is 1. The van der Waals surface area contributed by atoms with Crippen LogP contribution in [0.3, 0.4) is 0 Å². The molecule has 0 saturated carbocycles. The second kappa shape index (κ2) is 5.22. The predicted octanol–water partition coefficient (Wildman–Crippen LogP) is 1.52. The van der Waals surface area contributed by atoms with E-state index in [1.807, 2.05) is 11.8 Å². The fourth-order valence-electron chi connectivity index (χ4n) is 3.30. The number of likely N-dealkylation sites (tertiary alicyclic amines) is 1. The van der Waals surface area contributed by atoms with Gasteiger partial charge in [-0.05, 0) is 26.8 Å². The second-order valence-electron chi connectivity index (χ2n) is 5.91. The Hall–Kier alpha value is -1.33. The van der Waals surface area contributed by atoms with Crippen LogP contribution in [-0.2, 0) is 4.74 Å². The minimum absolute atomic E-state index is 0.0537. The average molecular weight is 278 g/mol. The van der Waals surface area contributed by atoms with Gasteiger partial charge in [-0.15, -0.1) is 0 Å². The molecule has 0 spiro atoms. The molecular weight excluding hydrogens is 256 g/mol. The van der Waals surface area contributed by atoms with E-state index in [1.165, 1.54) is 0 Å². The van der Waals surface area contributed by atoms with Crippen molar-refractivity contribution in [3.8, 4) is 0 Å². The van der Waals surface area contributed by atoms with Crippen LogP contribution in [0.5, 0.6) is 0 Å². The zero-order valence-electron chi connectivity index (χ0n) is 12.3. The molecule has 0 bridgehead atoms. The summed E-state index contributed by atoms with van der Waals surface area (Å²) in [4.78, 5) is 16.9. The number of carbonyl (C=O) groups is 1. The van der Waals surface area contributed by atoms with Crippen molar-refractivity contribution in [2.75, 3.05) is 26.2 Å². The predicted molar refractivity (Wildman–Crippen MR) is 74.7 cm³/mol. The molecule has 110 valence electrons. The van der Waals surface area contributed by atoms with E-state index in [-0.39, 0.29) is 12.0 Å². The lowest BCUT2D eigenvalue weighted by atomic mass is 10.1. The first-order valence-electron chi connectivity index (χ1n) is 7.28. The SMILES string of the molecule is Cc1occc1C(=O)N1C[C@@H]2OCCN(C(C)C)[C@@H]2C1. The first-order valence-corrected chi connectivity index (χ1v) is 7.28. The van der Waals surface area contributed by atoms with E-state index in [0.29, 0.717) is 30.0 Å². The van der Waals surface area contributed by atoms with E-state index in [1.54, 1.807) is 12.3 Å². The minimum Gasteiger partial charge on any atom is -0.469 e. The topological polar surface area (TPSA) is 45.9 Å². The summed E-state index contributed by atoms with van der Waals surface area (Å²) in [5, 5.41) is 0. The summed E-state index contributed by atoms with van der Waals surface area (Å²) in [7, 11) is 0. The van der Waals surface area contributed by atoms with E-state index in [4.69, 9.17) is 9.15 Å². The van der Waals surface area contributed by atoms with Gasteiger partial charge in [0, 0.05) is 25.7 Å². The average Bonchev–Trinajstić information content (AvgIpc) is 3.02. The van der Waals surface area contributed by atoms with Crippen LogP contribution in [-0.4, -0.2) is 60.1 Å². The standard InChI is InChI=1S/C15H22N2O3/c1-10(2)17-5-7-20-14-9-16(8-13(14)17)15(18)12-4-6-19-11(12)3/h4,6,10,13-14H,5,7-9H2,1-3H3/t13-,14+/m1/s1. The monoisotopic (exact) mass is 278 g/mol. The number of morpholine rings is 1. The number of ether oxygens (including phenoxy) is 1. The Morgan fingerprint density at radius 2 is 2.20 bits per heavy atom. The molecule has 2 atom stereocenters. The molecule has 20 heavy (non-hydrogen) atoms. The molecule has 0 aliphatic carbocycles. The molecule has 5 heteroatoms. The molecule has 0 aromatic carbocycles. The van der Waals surface area contributed by atoms with Gasteiger partial charge in [0.2, 0.25) is 0 Å². The van der Waals surface area contributed by atoms with Crippen LogP contribution < -0.4 is 0 Å². The van der Waals surface area contributed by atoms with Crippen LogP contribution in [0, 0.1) is 6.92 Å². The number of fused-ring (bicyclic) bond motifs is 1. The first-order chi connectivity index (χ1) is 9.58. The van der Waals surface area contributed by atoms with E-state index in [0.717, 1.165) is 19.7 Å². The van der Waals surface area contributed by atoms with Crippen molar-refractivity contribution in [1.29, 1.82) is 0 Å². The third kappa shape index (κ3) is 2.25. The quantitative estimate of drug-likeness (QED) is 0.823. The van der Waals surface area contributed by atoms with E-state index in [2.05, 4.69) is 18.7 Å². The Balaban J connectivity index is 1.75. The molecule has 5 nitrogen and oxygen atoms in total. The van der Waals surface area contributed by atoms with Crippen LogP contribution in [0.4, 0.5) is 0 Å². The van der Waals surface area contributed by atoms with Gasteiger partial charge in [0.15, 0.2) is 0 Å². The molecular formula is C15H22N2O3. The van der Waals surface area contributed by atoms with Gasteiger partial charge in [-0.3, -0.25) is 9.69 Å². The lowest BCUT2D eigenvalue weighted by Gasteiger charge is -2.39. The van der Waals surface area contributed by atoms with Gasteiger partial charge in [-0.1, -0.05) is 0 Å². The maximum absolute atomic E-state index is 12.5. The Labute approximate surface area is 119 Å². The molecule has 1 amide bonds. The summed E-state index contributed by atoms with van der Waals surface area (Å²) in [5.74, 6) is 0.740. The fourth-order valence-corrected chi connectivity index (χ4v) is 3.30. The Bertz CT molecular complexity index is 497. The summed E-state index contributed by atoms with van der Waals surface area (Å²) >= 11 is 0. The van der Waals surface area contributed by atoms with E-state index >= 15 is 0 Å². The highest BCUT2D eigenvalue weighted by molar-refractivity contribution is 5.95. The van der Waals surface area contributed by atoms with Crippen LogP contribution in [0.25, 0.3) is 0 Å².